The van der Waals surface area contributed by atoms with Gasteiger partial charge < -0.3 is 18.3 Å². The highest BCUT2D eigenvalue weighted by Gasteiger charge is 2.36. The first-order valence-electron chi connectivity index (χ1n) is 17.3. The fourth-order valence-electron chi connectivity index (χ4n) is 6.95. The monoisotopic (exact) mass is 699 g/mol. The molecule has 0 saturated heterocycles. The smallest absolute Gasteiger partial charge is 0.181 e. The minimum Gasteiger partial charge on any atom is -0.310 e. The molecule has 5 nitrogen and oxygen atoms in total. The molecule has 3 aliphatic rings. The van der Waals surface area contributed by atoms with Crippen LogP contribution < -0.4 is 0 Å². The van der Waals surface area contributed by atoms with Crippen LogP contribution in [0.25, 0.3) is 0 Å². The summed E-state index contributed by atoms with van der Waals surface area (Å²) in [6.45, 7) is 8.94. The Balaban J connectivity index is 1.46. The van der Waals surface area contributed by atoms with Crippen molar-refractivity contribution in [2.24, 2.45) is 0 Å². The summed E-state index contributed by atoms with van der Waals surface area (Å²) in [5.41, 5.74) is 0. The summed E-state index contributed by atoms with van der Waals surface area (Å²) in [5, 5.41) is 5.52. The third-order valence-corrected chi connectivity index (χ3v) is 14.9. The zero-order valence-corrected chi connectivity index (χ0v) is 31.6. The van der Waals surface area contributed by atoms with Crippen molar-refractivity contribution in [1.82, 2.24) is 21.4 Å². The Morgan fingerprint density at radius 3 is 1.74 bits per heavy atom. The van der Waals surface area contributed by atoms with E-state index in [-0.39, 0.29) is 0 Å². The Kier molecular flexibility index (Phi) is 14.0. The molecule has 2 aliphatic carbocycles. The molecule has 0 unspecified atom stereocenters. The van der Waals surface area contributed by atoms with E-state index in [0.717, 1.165) is 28.4 Å². The molecule has 0 amide bonds. The molecular formula is C32H53N5S6. The highest BCUT2D eigenvalue weighted by Crippen LogP contribution is 2.55. The SMILES string of the molecule is CCCCCCn1c(SN2Sc3c(n(C4CCCCC4)c(=S)n3CCCCCC)S2)c(SCC)n(C2CCCCC2)c1=S. The van der Waals surface area contributed by atoms with Crippen molar-refractivity contribution in [2.75, 3.05) is 5.75 Å². The van der Waals surface area contributed by atoms with E-state index in [2.05, 4.69) is 42.2 Å². The number of rotatable bonds is 16. The Bertz CT molecular complexity index is 1280. The summed E-state index contributed by atoms with van der Waals surface area (Å²) < 4.78 is 14.7. The van der Waals surface area contributed by atoms with E-state index in [1.807, 2.05) is 47.6 Å². The highest BCUT2D eigenvalue weighted by atomic mass is 32.3. The van der Waals surface area contributed by atoms with E-state index in [1.54, 1.807) is 0 Å². The number of hydrogen-bond donors (Lipinski definition) is 0. The molecule has 0 bridgehead atoms. The molecule has 242 valence electrons. The topological polar surface area (TPSA) is 23.0 Å². The van der Waals surface area contributed by atoms with Crippen LogP contribution >= 0.6 is 72.0 Å². The maximum absolute atomic E-state index is 6.33. The van der Waals surface area contributed by atoms with Crippen LogP contribution in [0.1, 0.15) is 148 Å². The van der Waals surface area contributed by atoms with Gasteiger partial charge >= 0.3 is 0 Å². The summed E-state index contributed by atoms with van der Waals surface area (Å²) in [7, 11) is 0. The second-order valence-electron chi connectivity index (χ2n) is 12.5. The van der Waals surface area contributed by atoms with Crippen molar-refractivity contribution in [2.45, 2.75) is 182 Å². The fraction of sp³-hybridized carbons (Fsp3) is 0.812. The number of imidazole rings is 2. The second-order valence-corrected chi connectivity index (χ2v) is 17.9. The van der Waals surface area contributed by atoms with Gasteiger partial charge in [0.1, 0.15) is 20.1 Å². The molecule has 43 heavy (non-hydrogen) atoms. The van der Waals surface area contributed by atoms with Gasteiger partial charge in [-0.25, -0.2) is 0 Å². The number of aromatic nitrogens is 4. The van der Waals surface area contributed by atoms with Gasteiger partial charge in [0.25, 0.3) is 0 Å². The van der Waals surface area contributed by atoms with Crippen molar-refractivity contribution >= 4 is 72.0 Å². The molecule has 2 fully saturated rings. The van der Waals surface area contributed by atoms with Crippen molar-refractivity contribution in [1.29, 1.82) is 0 Å². The lowest BCUT2D eigenvalue weighted by Gasteiger charge is -2.25. The van der Waals surface area contributed by atoms with Crippen LogP contribution in [0, 0.1) is 9.54 Å². The van der Waals surface area contributed by atoms with Crippen LogP contribution in [0.3, 0.4) is 0 Å². The maximum atomic E-state index is 6.33. The molecule has 2 saturated carbocycles. The minimum absolute atomic E-state index is 0.547. The lowest BCUT2D eigenvalue weighted by atomic mass is 9.95. The molecule has 3 heterocycles. The van der Waals surface area contributed by atoms with Crippen LogP contribution in [-0.4, -0.2) is 27.1 Å². The number of hydrogen-bond acceptors (Lipinski definition) is 7. The van der Waals surface area contributed by atoms with Gasteiger partial charge in [0.05, 0.1) is 0 Å². The summed E-state index contributed by atoms with van der Waals surface area (Å²) in [6, 6.07) is 1.10. The van der Waals surface area contributed by atoms with Gasteiger partial charge in [-0.05, 0) is 68.7 Å². The molecule has 0 atom stereocenters. The average Bonchev–Trinajstić information content (AvgIpc) is 3.62. The van der Waals surface area contributed by atoms with E-state index in [1.165, 1.54) is 136 Å². The van der Waals surface area contributed by atoms with Gasteiger partial charge in [0, 0.05) is 61.0 Å². The van der Waals surface area contributed by atoms with Gasteiger partial charge in [-0.3, -0.25) is 0 Å². The molecular weight excluding hydrogens is 647 g/mol. The fourth-order valence-corrected chi connectivity index (χ4v) is 13.0. The summed E-state index contributed by atoms with van der Waals surface area (Å²) >= 11 is 20.3. The van der Waals surface area contributed by atoms with Gasteiger partial charge in [-0.15, -0.1) is 14.9 Å². The maximum Gasteiger partial charge on any atom is 0.181 e. The van der Waals surface area contributed by atoms with Crippen LogP contribution in [0.5, 0.6) is 0 Å². The van der Waals surface area contributed by atoms with E-state index in [4.69, 9.17) is 24.4 Å². The van der Waals surface area contributed by atoms with Gasteiger partial charge in [0.15, 0.2) is 9.54 Å². The molecule has 11 heteroatoms. The zero-order valence-electron chi connectivity index (χ0n) is 26.7. The lowest BCUT2D eigenvalue weighted by Crippen LogP contribution is -2.15. The van der Waals surface area contributed by atoms with Crippen LogP contribution in [0.4, 0.5) is 0 Å². The Labute approximate surface area is 288 Å². The second kappa shape index (κ2) is 17.4. The average molecular weight is 700 g/mol. The highest BCUT2D eigenvalue weighted by molar-refractivity contribution is 8.27. The first-order valence-corrected chi connectivity index (χ1v) is 21.4. The Morgan fingerprint density at radius 1 is 0.628 bits per heavy atom. The van der Waals surface area contributed by atoms with Gasteiger partial charge in [-0.1, -0.05) is 97.8 Å². The lowest BCUT2D eigenvalue weighted by molar-refractivity contribution is 0.333. The van der Waals surface area contributed by atoms with Gasteiger partial charge in [-0.2, -0.15) is 0 Å². The van der Waals surface area contributed by atoms with E-state index in [0.29, 0.717) is 12.1 Å². The molecule has 0 spiro atoms. The molecule has 0 N–H and O–H groups in total. The molecule has 1 aliphatic heterocycles. The van der Waals surface area contributed by atoms with E-state index >= 15 is 0 Å². The molecule has 0 aromatic carbocycles. The van der Waals surface area contributed by atoms with Crippen molar-refractivity contribution < 1.29 is 0 Å². The predicted molar refractivity (Wildman–Crippen MR) is 195 cm³/mol. The normalized spacial score (nSPS) is 18.6. The molecule has 2 aromatic rings. The van der Waals surface area contributed by atoms with Crippen LogP contribution in [-0.2, 0) is 13.1 Å². The quantitative estimate of drug-likeness (QED) is 0.0743. The summed E-state index contributed by atoms with van der Waals surface area (Å²) in [5.74, 6) is 1.07. The van der Waals surface area contributed by atoms with Crippen molar-refractivity contribution in [3.63, 3.8) is 0 Å². The minimum atomic E-state index is 0.547. The van der Waals surface area contributed by atoms with E-state index in [9.17, 15) is 0 Å². The van der Waals surface area contributed by atoms with E-state index < -0.39 is 0 Å². The third kappa shape index (κ3) is 8.21. The van der Waals surface area contributed by atoms with Gasteiger partial charge in [0.2, 0.25) is 0 Å². The number of nitrogens with zero attached hydrogens (tertiary/aromatic N) is 5. The standard InChI is InChI=1S/C32H53N5S6/c1-4-7-9-17-23-33-27(29(40-6-3)35(31(33)38)25-19-13-11-14-20-25)41-37-42-28-30(43-37)36(26-21-15-12-16-22-26)32(39)34(28)24-18-10-8-5-2/h25-26H,4-24H2,1-3H3. The van der Waals surface area contributed by atoms with Crippen molar-refractivity contribution in [3.05, 3.63) is 9.54 Å². The summed E-state index contributed by atoms with van der Waals surface area (Å²) in [4.78, 5) is 0. The number of fused-ring (bicyclic) bond motifs is 1. The molecule has 0 radical (unpaired) electrons. The largest absolute Gasteiger partial charge is 0.310 e. The first kappa shape index (κ1) is 34.6. The number of thioether (sulfide) groups is 1. The zero-order chi connectivity index (χ0) is 30.2. The Morgan fingerprint density at radius 2 is 1.16 bits per heavy atom. The predicted octanol–water partition coefficient (Wildman–Crippen LogP) is 12.7. The molecule has 2 aromatic heterocycles. The summed E-state index contributed by atoms with van der Waals surface area (Å²) in [6.07, 6.45) is 23.2. The Hall–Kier alpha value is 0.220. The van der Waals surface area contributed by atoms with Crippen molar-refractivity contribution in [3.8, 4) is 0 Å². The van der Waals surface area contributed by atoms with Crippen LogP contribution in [0.2, 0.25) is 0 Å². The third-order valence-electron chi connectivity index (χ3n) is 9.28. The number of unbranched alkanes of at least 4 members (excludes halogenated alkanes) is 6. The van der Waals surface area contributed by atoms with Crippen LogP contribution in [0.15, 0.2) is 20.1 Å². The molecule has 5 rings (SSSR count). The first-order chi connectivity index (χ1) is 21.1.